The number of fused-ring (bicyclic) bond motifs is 1. The van der Waals surface area contributed by atoms with Crippen LogP contribution in [0.15, 0.2) is 71.6 Å². The summed E-state index contributed by atoms with van der Waals surface area (Å²) in [6, 6.07) is 18.5. The van der Waals surface area contributed by atoms with Crippen LogP contribution in [0.25, 0.3) is 20.8 Å². The molecule has 0 bridgehead atoms. The molecule has 1 aromatic heterocycles. The summed E-state index contributed by atoms with van der Waals surface area (Å²) in [4.78, 5) is 17.0. The van der Waals surface area contributed by atoms with Gasteiger partial charge in [0.25, 0.3) is 0 Å². The number of aryl methyl sites for hydroxylation is 1. The highest BCUT2D eigenvalue weighted by molar-refractivity contribution is 7.92. The quantitative estimate of drug-likeness (QED) is 0.451. The van der Waals surface area contributed by atoms with Crippen LogP contribution in [0.5, 0.6) is 5.75 Å². The number of aromatic hydroxyl groups is 1. The Hall–Kier alpha value is -3.23. The fourth-order valence-corrected chi connectivity index (χ4v) is 5.10. The molecule has 0 atom stereocenters. The molecule has 0 radical (unpaired) electrons. The predicted octanol–water partition coefficient (Wildman–Crippen LogP) is 4.39. The highest BCUT2D eigenvalue weighted by atomic mass is 32.2. The Labute approximate surface area is 177 Å². The zero-order valence-electron chi connectivity index (χ0n) is 16.0. The number of sulfone groups is 1. The number of carbonyl (C=O) groups is 1. The molecule has 0 aliphatic carbocycles. The van der Waals surface area contributed by atoms with Gasteiger partial charge >= 0.3 is 0 Å². The van der Waals surface area contributed by atoms with Gasteiger partial charge in [0.2, 0.25) is 5.91 Å². The molecule has 0 unspecified atom stereocenters. The third-order valence-electron chi connectivity index (χ3n) is 4.51. The molecule has 4 rings (SSSR count). The molecule has 2 N–H and O–H groups in total. The summed E-state index contributed by atoms with van der Waals surface area (Å²) in [5.74, 6) is -1.30. The summed E-state index contributed by atoms with van der Waals surface area (Å²) in [5.41, 5.74) is 2.60. The number of thiazole rings is 1. The molecule has 0 aliphatic rings. The number of carbonyl (C=O) groups excluding carboxylic acids is 1. The van der Waals surface area contributed by atoms with Crippen LogP contribution in [0.4, 0.5) is 5.69 Å². The average Bonchev–Trinajstić information content (AvgIpc) is 3.13. The summed E-state index contributed by atoms with van der Waals surface area (Å²) >= 11 is 1.42. The Balaban J connectivity index is 1.55. The lowest BCUT2D eigenvalue weighted by Gasteiger charge is -2.09. The second-order valence-corrected chi connectivity index (χ2v) is 9.86. The minimum atomic E-state index is -3.76. The second-order valence-electron chi connectivity index (χ2n) is 6.84. The van der Waals surface area contributed by atoms with Gasteiger partial charge in [-0.25, -0.2) is 13.4 Å². The number of nitrogens with zero attached hydrogens (tertiary/aromatic N) is 1. The van der Waals surface area contributed by atoms with Crippen molar-refractivity contribution in [3.63, 3.8) is 0 Å². The molecule has 152 valence electrons. The summed E-state index contributed by atoms with van der Waals surface area (Å²) in [5, 5.41) is 13.5. The Bertz CT molecular complexity index is 1310. The molecule has 0 saturated carbocycles. The van der Waals surface area contributed by atoms with E-state index in [1.54, 1.807) is 18.2 Å². The lowest BCUT2D eigenvalue weighted by Crippen LogP contribution is -2.23. The Morgan fingerprint density at radius 3 is 2.53 bits per heavy atom. The van der Waals surface area contributed by atoms with Gasteiger partial charge in [-0.1, -0.05) is 29.8 Å². The molecule has 6 nitrogen and oxygen atoms in total. The van der Waals surface area contributed by atoms with Crippen molar-refractivity contribution in [2.45, 2.75) is 11.8 Å². The van der Waals surface area contributed by atoms with Gasteiger partial charge in [0, 0.05) is 5.69 Å². The lowest BCUT2D eigenvalue weighted by molar-refractivity contribution is -0.113. The zero-order chi connectivity index (χ0) is 21.3. The van der Waals surface area contributed by atoms with Crippen molar-refractivity contribution < 1.29 is 18.3 Å². The third-order valence-corrected chi connectivity index (χ3v) is 7.21. The monoisotopic (exact) mass is 438 g/mol. The largest absolute Gasteiger partial charge is 0.507 e. The summed E-state index contributed by atoms with van der Waals surface area (Å²) < 4.78 is 25.9. The molecule has 1 heterocycles. The smallest absolute Gasteiger partial charge is 0.239 e. The van der Waals surface area contributed by atoms with Crippen molar-refractivity contribution in [2.75, 3.05) is 11.1 Å². The normalized spacial score (nSPS) is 11.5. The van der Waals surface area contributed by atoms with Crippen molar-refractivity contribution in [1.29, 1.82) is 0 Å². The fourth-order valence-electron chi connectivity index (χ4n) is 2.97. The second kappa shape index (κ2) is 7.89. The van der Waals surface area contributed by atoms with E-state index in [4.69, 9.17) is 0 Å². The number of hydrogen-bond acceptors (Lipinski definition) is 6. The minimum absolute atomic E-state index is 0.0272. The highest BCUT2D eigenvalue weighted by Gasteiger charge is 2.20. The van der Waals surface area contributed by atoms with E-state index in [1.165, 1.54) is 35.6 Å². The van der Waals surface area contributed by atoms with Gasteiger partial charge in [-0.2, -0.15) is 0 Å². The zero-order valence-corrected chi connectivity index (χ0v) is 17.6. The van der Waals surface area contributed by atoms with Crippen molar-refractivity contribution in [3.05, 3.63) is 72.3 Å². The van der Waals surface area contributed by atoms with Crippen molar-refractivity contribution in [3.8, 4) is 16.3 Å². The van der Waals surface area contributed by atoms with Crippen molar-refractivity contribution in [1.82, 2.24) is 4.98 Å². The molecule has 8 heteroatoms. The molecule has 0 spiro atoms. The van der Waals surface area contributed by atoms with E-state index in [2.05, 4.69) is 10.3 Å². The first-order chi connectivity index (χ1) is 14.3. The maximum absolute atomic E-state index is 12.5. The number of phenolic OH excluding ortho intramolecular Hbond substituents is 1. The van der Waals surface area contributed by atoms with Crippen molar-refractivity contribution in [2.24, 2.45) is 0 Å². The van der Waals surface area contributed by atoms with Crippen molar-refractivity contribution >= 4 is 43.0 Å². The van der Waals surface area contributed by atoms with Gasteiger partial charge in [0.05, 0.1) is 20.7 Å². The maximum Gasteiger partial charge on any atom is 0.239 e. The van der Waals surface area contributed by atoms with Crippen LogP contribution >= 0.6 is 11.3 Å². The van der Waals surface area contributed by atoms with E-state index in [0.29, 0.717) is 16.3 Å². The third kappa shape index (κ3) is 4.19. The molecular weight excluding hydrogens is 420 g/mol. The number of para-hydroxylation sites is 1. The Kier molecular flexibility index (Phi) is 5.27. The van der Waals surface area contributed by atoms with Gasteiger partial charge in [-0.3, -0.25) is 4.79 Å². The van der Waals surface area contributed by atoms with Crippen LogP contribution in [0.1, 0.15) is 5.56 Å². The first-order valence-corrected chi connectivity index (χ1v) is 11.6. The number of nitrogens with one attached hydrogen (secondary N) is 1. The van der Waals surface area contributed by atoms with Crippen LogP contribution in [-0.4, -0.2) is 30.2 Å². The number of aromatic nitrogens is 1. The predicted molar refractivity (Wildman–Crippen MR) is 119 cm³/mol. The van der Waals surface area contributed by atoms with E-state index in [1.807, 2.05) is 31.2 Å². The fraction of sp³-hybridized carbons (Fsp3) is 0.0909. The summed E-state index contributed by atoms with van der Waals surface area (Å²) in [6.07, 6.45) is 0. The van der Waals surface area contributed by atoms with E-state index >= 15 is 0 Å². The van der Waals surface area contributed by atoms with Crippen LogP contribution in [-0.2, 0) is 14.6 Å². The number of benzene rings is 3. The first-order valence-electron chi connectivity index (χ1n) is 9.10. The topological polar surface area (TPSA) is 96.4 Å². The molecule has 4 aromatic rings. The van der Waals surface area contributed by atoms with Gasteiger partial charge in [0.1, 0.15) is 16.5 Å². The van der Waals surface area contributed by atoms with Gasteiger partial charge in [-0.05, 0) is 49.4 Å². The minimum Gasteiger partial charge on any atom is -0.507 e. The average molecular weight is 439 g/mol. The van der Waals surface area contributed by atoms with E-state index < -0.39 is 21.5 Å². The number of rotatable bonds is 5. The standard InChI is InChI=1S/C22H18N2O4S2/c1-14-6-9-16(10-7-14)30(27,28)13-21(26)23-15-8-11-19(25)17(12-15)22-24-18-4-2-3-5-20(18)29-22/h2-12,25H,13H2,1H3,(H,23,26). The molecule has 0 aliphatic heterocycles. The SMILES string of the molecule is Cc1ccc(S(=O)(=O)CC(=O)Nc2ccc(O)c(-c3nc4ccccc4s3)c2)cc1. The molecular formula is C22H18N2O4S2. The van der Waals surface area contributed by atoms with E-state index in [-0.39, 0.29) is 10.6 Å². The molecule has 0 saturated heterocycles. The van der Waals surface area contributed by atoms with Crippen LogP contribution in [0, 0.1) is 6.92 Å². The molecule has 3 aromatic carbocycles. The van der Waals surface area contributed by atoms with Crippen LogP contribution < -0.4 is 5.32 Å². The van der Waals surface area contributed by atoms with Gasteiger partial charge in [0.15, 0.2) is 9.84 Å². The van der Waals surface area contributed by atoms with E-state index in [0.717, 1.165) is 15.8 Å². The van der Waals surface area contributed by atoms with Crippen LogP contribution in [0.2, 0.25) is 0 Å². The lowest BCUT2D eigenvalue weighted by atomic mass is 10.2. The number of hydrogen-bond donors (Lipinski definition) is 2. The van der Waals surface area contributed by atoms with E-state index in [9.17, 15) is 18.3 Å². The molecule has 0 fully saturated rings. The van der Waals surface area contributed by atoms with Crippen LogP contribution in [0.3, 0.4) is 0 Å². The number of phenols is 1. The first kappa shape index (κ1) is 20.1. The Morgan fingerprint density at radius 1 is 1.07 bits per heavy atom. The Morgan fingerprint density at radius 2 is 1.80 bits per heavy atom. The number of anilines is 1. The number of amides is 1. The molecule has 1 amide bonds. The highest BCUT2D eigenvalue weighted by Crippen LogP contribution is 2.36. The van der Waals surface area contributed by atoms with Gasteiger partial charge < -0.3 is 10.4 Å². The van der Waals surface area contributed by atoms with Gasteiger partial charge in [-0.15, -0.1) is 11.3 Å². The molecule has 30 heavy (non-hydrogen) atoms. The maximum atomic E-state index is 12.5. The summed E-state index contributed by atoms with van der Waals surface area (Å²) in [6.45, 7) is 1.86. The summed E-state index contributed by atoms with van der Waals surface area (Å²) in [7, 11) is -3.76.